The molecule has 2 aromatic rings. The molecular formula is C22H35N7. The van der Waals surface area contributed by atoms with Gasteiger partial charge in [-0.3, -0.25) is 4.90 Å². The Morgan fingerprint density at radius 1 is 1.24 bits per heavy atom. The molecule has 3 rings (SSSR count). The normalized spacial score (nSPS) is 18.5. The van der Waals surface area contributed by atoms with Crippen LogP contribution in [0.1, 0.15) is 50.4 Å². The summed E-state index contributed by atoms with van der Waals surface area (Å²) in [6, 6.07) is 11.3. The molecule has 0 radical (unpaired) electrons. The second-order valence-corrected chi connectivity index (χ2v) is 7.75. The molecule has 1 aliphatic heterocycles. The maximum Gasteiger partial charge on any atom is 0.194 e. The van der Waals surface area contributed by atoms with Crippen molar-refractivity contribution in [2.45, 2.75) is 52.7 Å². The largest absolute Gasteiger partial charge is 0.350 e. The van der Waals surface area contributed by atoms with Crippen molar-refractivity contribution >= 4 is 5.96 Å². The first-order chi connectivity index (χ1) is 14.0. The number of rotatable bonds is 7. The van der Waals surface area contributed by atoms with Crippen LogP contribution in [0.3, 0.4) is 0 Å². The van der Waals surface area contributed by atoms with E-state index in [2.05, 4.69) is 76.4 Å². The van der Waals surface area contributed by atoms with E-state index in [4.69, 9.17) is 4.99 Å². The molecule has 158 valence electrons. The third kappa shape index (κ3) is 5.15. The first kappa shape index (κ1) is 21.3. The highest BCUT2D eigenvalue weighted by molar-refractivity contribution is 5.80. The monoisotopic (exact) mass is 397 g/mol. The summed E-state index contributed by atoms with van der Waals surface area (Å²) in [6.45, 7) is 13.4. The minimum absolute atomic E-state index is 0.184. The third-order valence-corrected chi connectivity index (χ3v) is 5.99. The molecule has 2 unspecified atom stereocenters. The van der Waals surface area contributed by atoms with Gasteiger partial charge in [-0.2, -0.15) is 0 Å². The Morgan fingerprint density at radius 2 is 1.97 bits per heavy atom. The molecule has 2 heterocycles. The van der Waals surface area contributed by atoms with Crippen molar-refractivity contribution in [1.29, 1.82) is 0 Å². The summed E-state index contributed by atoms with van der Waals surface area (Å²) < 4.78 is 2.00. The van der Waals surface area contributed by atoms with Crippen LogP contribution >= 0.6 is 0 Å². The predicted octanol–water partition coefficient (Wildman–Crippen LogP) is 2.75. The molecule has 7 heteroatoms. The van der Waals surface area contributed by atoms with Gasteiger partial charge < -0.3 is 14.8 Å². The fraction of sp³-hybridized carbons (Fsp3) is 0.591. The number of likely N-dealkylation sites (N-methyl/N-ethyl adjacent to an activating group) is 1. The molecule has 1 aliphatic rings. The first-order valence-corrected chi connectivity index (χ1v) is 10.7. The van der Waals surface area contributed by atoms with Gasteiger partial charge in [0.25, 0.3) is 0 Å². The fourth-order valence-corrected chi connectivity index (χ4v) is 3.96. The highest BCUT2D eigenvalue weighted by Gasteiger charge is 2.29. The molecule has 1 saturated heterocycles. The SMILES string of the molecule is CCN(CC)C1CCN(C(=NCc2nnc(C)n2C)NC(C)c2ccccc2)C1. The second kappa shape index (κ2) is 9.87. The third-order valence-electron chi connectivity index (χ3n) is 5.99. The zero-order valence-electron chi connectivity index (χ0n) is 18.5. The van der Waals surface area contributed by atoms with Crippen LogP contribution in [0.2, 0.25) is 0 Å². The lowest BCUT2D eigenvalue weighted by Crippen LogP contribution is -2.44. The van der Waals surface area contributed by atoms with Crippen LogP contribution in [0.15, 0.2) is 35.3 Å². The molecular weight excluding hydrogens is 362 g/mol. The van der Waals surface area contributed by atoms with E-state index in [1.165, 1.54) is 12.0 Å². The number of hydrogen-bond acceptors (Lipinski definition) is 4. The van der Waals surface area contributed by atoms with E-state index >= 15 is 0 Å². The van der Waals surface area contributed by atoms with Gasteiger partial charge in [0, 0.05) is 26.2 Å². The molecule has 0 spiro atoms. The van der Waals surface area contributed by atoms with Crippen molar-refractivity contribution in [2.75, 3.05) is 26.2 Å². The van der Waals surface area contributed by atoms with Gasteiger partial charge in [-0.15, -0.1) is 10.2 Å². The van der Waals surface area contributed by atoms with Crippen molar-refractivity contribution in [3.8, 4) is 0 Å². The molecule has 0 aliphatic carbocycles. The number of guanidine groups is 1. The van der Waals surface area contributed by atoms with Crippen molar-refractivity contribution in [2.24, 2.45) is 12.0 Å². The van der Waals surface area contributed by atoms with Crippen molar-refractivity contribution in [3.05, 3.63) is 47.5 Å². The van der Waals surface area contributed by atoms with Gasteiger partial charge in [-0.25, -0.2) is 4.99 Å². The maximum absolute atomic E-state index is 4.95. The summed E-state index contributed by atoms with van der Waals surface area (Å²) in [5.41, 5.74) is 1.26. The first-order valence-electron chi connectivity index (χ1n) is 10.7. The molecule has 29 heavy (non-hydrogen) atoms. The van der Waals surface area contributed by atoms with E-state index in [0.717, 1.165) is 43.8 Å². The zero-order chi connectivity index (χ0) is 20.8. The van der Waals surface area contributed by atoms with E-state index in [1.54, 1.807) is 0 Å². The molecule has 1 N–H and O–H groups in total. The number of hydrogen-bond donors (Lipinski definition) is 1. The van der Waals surface area contributed by atoms with Gasteiger partial charge in [-0.1, -0.05) is 44.2 Å². The van der Waals surface area contributed by atoms with Crippen LogP contribution in [0.5, 0.6) is 0 Å². The fourth-order valence-electron chi connectivity index (χ4n) is 3.96. The van der Waals surface area contributed by atoms with Crippen LogP contribution in [-0.2, 0) is 13.6 Å². The smallest absolute Gasteiger partial charge is 0.194 e. The standard InChI is InChI=1S/C22H35N7/c1-6-28(7-2)20-13-14-29(16-20)22(23-15-21-26-25-18(4)27(21)5)24-17(3)19-11-9-8-10-12-19/h8-12,17,20H,6-7,13-16H2,1-5H3,(H,23,24). The van der Waals surface area contributed by atoms with Gasteiger partial charge in [0.05, 0.1) is 6.04 Å². The minimum atomic E-state index is 0.184. The second-order valence-electron chi connectivity index (χ2n) is 7.75. The Kier molecular flexibility index (Phi) is 7.25. The number of nitrogens with zero attached hydrogens (tertiary/aromatic N) is 6. The van der Waals surface area contributed by atoms with Crippen molar-refractivity contribution in [1.82, 2.24) is 29.9 Å². The summed E-state index contributed by atoms with van der Waals surface area (Å²) in [7, 11) is 1.99. The number of benzene rings is 1. The lowest BCUT2D eigenvalue weighted by molar-refractivity contribution is 0.223. The number of aromatic nitrogens is 3. The van der Waals surface area contributed by atoms with Crippen LogP contribution in [0, 0.1) is 6.92 Å². The summed E-state index contributed by atoms with van der Waals surface area (Å²) in [5.74, 6) is 2.75. The van der Waals surface area contributed by atoms with Crippen molar-refractivity contribution in [3.63, 3.8) is 0 Å². The Balaban J connectivity index is 1.77. The Bertz CT molecular complexity index is 795. The summed E-state index contributed by atoms with van der Waals surface area (Å²) in [6.07, 6.45) is 1.17. The number of aryl methyl sites for hydroxylation is 1. The minimum Gasteiger partial charge on any atom is -0.350 e. The van der Waals surface area contributed by atoms with E-state index in [0.29, 0.717) is 12.6 Å². The molecule has 0 saturated carbocycles. The maximum atomic E-state index is 4.95. The summed E-state index contributed by atoms with van der Waals surface area (Å²) in [5, 5.41) is 12.1. The van der Waals surface area contributed by atoms with Crippen LogP contribution in [0.25, 0.3) is 0 Å². The van der Waals surface area contributed by atoms with E-state index < -0.39 is 0 Å². The number of likely N-dealkylation sites (tertiary alicyclic amines) is 1. The lowest BCUT2D eigenvalue weighted by Gasteiger charge is -2.28. The van der Waals surface area contributed by atoms with Gasteiger partial charge in [-0.05, 0) is 38.9 Å². The van der Waals surface area contributed by atoms with Crippen molar-refractivity contribution < 1.29 is 0 Å². The van der Waals surface area contributed by atoms with Gasteiger partial charge in [0.15, 0.2) is 11.8 Å². The summed E-state index contributed by atoms with van der Waals surface area (Å²) in [4.78, 5) is 9.89. The molecule has 2 atom stereocenters. The number of nitrogens with one attached hydrogen (secondary N) is 1. The Morgan fingerprint density at radius 3 is 2.59 bits per heavy atom. The van der Waals surface area contributed by atoms with Crippen LogP contribution in [0.4, 0.5) is 0 Å². The van der Waals surface area contributed by atoms with E-state index in [-0.39, 0.29) is 6.04 Å². The molecule has 0 bridgehead atoms. The molecule has 1 aromatic heterocycles. The molecule has 1 fully saturated rings. The van der Waals surface area contributed by atoms with Gasteiger partial charge >= 0.3 is 0 Å². The van der Waals surface area contributed by atoms with E-state index in [9.17, 15) is 0 Å². The van der Waals surface area contributed by atoms with Crippen LogP contribution < -0.4 is 5.32 Å². The lowest BCUT2D eigenvalue weighted by atomic mass is 10.1. The Hall–Kier alpha value is -2.41. The summed E-state index contributed by atoms with van der Waals surface area (Å²) >= 11 is 0. The average Bonchev–Trinajstić information content (AvgIpc) is 3.35. The molecule has 7 nitrogen and oxygen atoms in total. The van der Waals surface area contributed by atoms with E-state index in [1.807, 2.05) is 18.5 Å². The highest BCUT2D eigenvalue weighted by Crippen LogP contribution is 2.18. The van der Waals surface area contributed by atoms with Gasteiger partial charge in [0.1, 0.15) is 12.4 Å². The highest BCUT2D eigenvalue weighted by atomic mass is 15.4. The van der Waals surface area contributed by atoms with Crippen LogP contribution in [-0.4, -0.2) is 62.7 Å². The molecule has 0 amide bonds. The van der Waals surface area contributed by atoms with Gasteiger partial charge in [0.2, 0.25) is 0 Å². The topological polar surface area (TPSA) is 61.6 Å². The average molecular weight is 398 g/mol. The predicted molar refractivity (Wildman–Crippen MR) is 118 cm³/mol. The number of aliphatic imine (C=N–C) groups is 1. The molecule has 1 aromatic carbocycles. The Labute approximate surface area is 174 Å². The zero-order valence-corrected chi connectivity index (χ0v) is 18.5. The quantitative estimate of drug-likeness (QED) is 0.575.